The third-order valence-corrected chi connectivity index (χ3v) is 14.6. The molecule has 0 unspecified atom stereocenters. The van der Waals surface area contributed by atoms with Gasteiger partial charge in [-0.3, -0.25) is 0 Å². The number of fused-ring (bicyclic) bond motifs is 4. The van der Waals surface area contributed by atoms with E-state index in [1.54, 1.807) is 0 Å². The second-order valence-electron chi connectivity index (χ2n) is 19.7. The van der Waals surface area contributed by atoms with Gasteiger partial charge in [0.2, 0.25) is 0 Å². The fourth-order valence-corrected chi connectivity index (χ4v) is 11.2. The van der Waals surface area contributed by atoms with E-state index >= 15 is 0 Å². The molecular formula is C62H74Cl2SiZr-4. The molecular weight excluding hydrogens is 935 g/mol. The van der Waals surface area contributed by atoms with Crippen LogP contribution < -0.4 is 0 Å². The molecule has 2 aliphatic carbocycles. The summed E-state index contributed by atoms with van der Waals surface area (Å²) in [4.78, 5) is 0. The van der Waals surface area contributed by atoms with Gasteiger partial charge in [0.25, 0.3) is 0 Å². The van der Waals surface area contributed by atoms with Crippen LogP contribution in [-0.2, 0) is 36.2 Å². The summed E-state index contributed by atoms with van der Waals surface area (Å²) in [7, 11) is 0. The van der Waals surface area contributed by atoms with Gasteiger partial charge in [-0.15, -0.1) is 93.9 Å². The van der Waals surface area contributed by atoms with Crippen molar-refractivity contribution in [3.05, 3.63) is 172 Å². The summed E-state index contributed by atoms with van der Waals surface area (Å²) in [5.74, 6) is 0. The predicted octanol–water partition coefficient (Wildman–Crippen LogP) is 19.5. The molecule has 0 spiro atoms. The molecule has 2 saturated carbocycles. The molecule has 2 fully saturated rings. The van der Waals surface area contributed by atoms with Gasteiger partial charge in [-0.25, -0.2) is 0 Å². The fraction of sp³-hybridized carbons (Fsp3) is 0.355. The quantitative estimate of drug-likeness (QED) is 0.115. The monoisotopic (exact) mass is 1010 g/mol. The number of benzene rings is 6. The molecule has 0 aliphatic heterocycles. The van der Waals surface area contributed by atoms with Gasteiger partial charge < -0.3 is 14.9 Å². The second-order valence-corrected chi connectivity index (χ2v) is 19.7. The van der Waals surface area contributed by atoms with Crippen molar-refractivity contribution in [2.24, 2.45) is 10.8 Å². The molecule has 0 aromatic heterocycles. The normalized spacial score (nSPS) is 16.0. The van der Waals surface area contributed by atoms with Crippen molar-refractivity contribution in [1.82, 2.24) is 0 Å². The number of rotatable bonds is 6. The zero-order valence-corrected chi connectivity index (χ0v) is 45.5. The molecule has 2 aliphatic rings. The van der Waals surface area contributed by atoms with Crippen molar-refractivity contribution in [3.63, 3.8) is 0 Å². The molecule has 0 N–H and O–H groups in total. The van der Waals surface area contributed by atoms with Crippen LogP contribution in [0.15, 0.2) is 146 Å². The van der Waals surface area contributed by atoms with Crippen LogP contribution >= 0.6 is 24.8 Å². The summed E-state index contributed by atoms with van der Waals surface area (Å²) in [6, 6.07) is 54.5. The van der Waals surface area contributed by atoms with Crippen molar-refractivity contribution >= 4 is 74.8 Å². The van der Waals surface area contributed by atoms with E-state index < -0.39 is 0 Å². The summed E-state index contributed by atoms with van der Waals surface area (Å²) in [5, 5.41) is 10.9. The molecule has 10 rings (SSSR count). The Labute approximate surface area is 428 Å². The summed E-state index contributed by atoms with van der Waals surface area (Å²) in [6.07, 6.45) is 25.0. The molecule has 0 amide bonds. The van der Waals surface area contributed by atoms with Gasteiger partial charge in [0.15, 0.2) is 0 Å². The molecule has 8 aromatic carbocycles. The minimum absolute atomic E-state index is 0. The van der Waals surface area contributed by atoms with Gasteiger partial charge in [-0.05, 0) is 94.2 Å². The van der Waals surface area contributed by atoms with E-state index in [0.717, 1.165) is 0 Å². The second kappa shape index (κ2) is 26.5. The van der Waals surface area contributed by atoms with Crippen molar-refractivity contribution in [2.45, 2.75) is 129 Å². The summed E-state index contributed by atoms with van der Waals surface area (Å²) in [5.41, 5.74) is 9.35. The number of halogens is 2. The summed E-state index contributed by atoms with van der Waals surface area (Å²) >= 11 is 1.36. The van der Waals surface area contributed by atoms with Crippen LogP contribution in [0.2, 0.25) is 0 Å². The van der Waals surface area contributed by atoms with Gasteiger partial charge in [-0.1, -0.05) is 187 Å². The SMILES string of the molecule is CC1(Cc2cc3c(-c4ccc5ccccc5c4)cccc3[cH-]2)CCCCCCCC1.CC1(Cc2cc3c(-c4ccc5ccccc5c4)cccc3[cH-]2)CCCCCCCC1.Cl.Cl.[CH3-].[CH3-].[Si]=[Zr]. The first-order chi connectivity index (χ1) is 30.4. The van der Waals surface area contributed by atoms with Crippen molar-refractivity contribution in [1.29, 1.82) is 0 Å². The Bertz CT molecular complexity index is 2500. The molecule has 0 heterocycles. The maximum absolute atomic E-state index is 3.06. The van der Waals surface area contributed by atoms with Crippen molar-refractivity contribution in [2.75, 3.05) is 0 Å². The van der Waals surface area contributed by atoms with Crippen LogP contribution in [0, 0.1) is 25.7 Å². The molecule has 2 radical (unpaired) electrons. The van der Waals surface area contributed by atoms with Crippen LogP contribution in [0.1, 0.15) is 128 Å². The Morgan fingerprint density at radius 3 is 1.11 bits per heavy atom. The average molecular weight is 1010 g/mol. The summed E-state index contributed by atoms with van der Waals surface area (Å²) < 4.78 is 0. The number of hydrogen-bond donors (Lipinski definition) is 0. The van der Waals surface area contributed by atoms with Crippen molar-refractivity contribution < 1.29 is 23.3 Å². The number of hydrogen-bond acceptors (Lipinski definition) is 0. The Kier molecular flexibility index (Phi) is 22.2. The predicted molar refractivity (Wildman–Crippen MR) is 296 cm³/mol. The molecule has 0 nitrogen and oxygen atoms in total. The van der Waals surface area contributed by atoms with Crippen LogP contribution in [0.3, 0.4) is 0 Å². The first-order valence-corrected chi connectivity index (χ1v) is 28.2. The van der Waals surface area contributed by atoms with E-state index in [2.05, 4.69) is 166 Å². The third-order valence-electron chi connectivity index (χ3n) is 14.6. The Morgan fingerprint density at radius 1 is 0.409 bits per heavy atom. The van der Waals surface area contributed by atoms with Crippen LogP contribution in [-0.4, -0.2) is 6.88 Å². The molecule has 4 heteroatoms. The molecule has 66 heavy (non-hydrogen) atoms. The maximum atomic E-state index is 3.06. The van der Waals surface area contributed by atoms with Crippen LogP contribution in [0.4, 0.5) is 0 Å². The Morgan fingerprint density at radius 2 is 0.742 bits per heavy atom. The van der Waals surface area contributed by atoms with E-state index in [9.17, 15) is 0 Å². The van der Waals surface area contributed by atoms with Crippen LogP contribution in [0.5, 0.6) is 0 Å². The molecule has 8 aromatic rings. The zero-order valence-electron chi connectivity index (χ0n) is 40.4. The fourth-order valence-electron chi connectivity index (χ4n) is 11.2. The minimum atomic E-state index is 0. The first kappa shape index (κ1) is 55.3. The van der Waals surface area contributed by atoms with E-state index in [1.165, 1.54) is 215 Å². The van der Waals surface area contributed by atoms with Gasteiger partial charge in [-0.2, -0.15) is 12.1 Å². The Balaban J connectivity index is 0.000000263. The van der Waals surface area contributed by atoms with E-state index in [4.69, 9.17) is 0 Å². The van der Waals surface area contributed by atoms with Gasteiger partial charge in [0, 0.05) is 0 Å². The topological polar surface area (TPSA) is 0 Å². The van der Waals surface area contributed by atoms with E-state index in [0.29, 0.717) is 10.8 Å². The van der Waals surface area contributed by atoms with Gasteiger partial charge in [0.05, 0.1) is 0 Å². The molecule has 0 bridgehead atoms. The molecule has 0 saturated heterocycles. The molecule has 0 atom stereocenters. The third kappa shape index (κ3) is 13.9. The zero-order chi connectivity index (χ0) is 42.8. The first-order valence-electron chi connectivity index (χ1n) is 24.0. The van der Waals surface area contributed by atoms with Crippen molar-refractivity contribution in [3.8, 4) is 22.3 Å². The van der Waals surface area contributed by atoms with Gasteiger partial charge in [0.1, 0.15) is 0 Å². The van der Waals surface area contributed by atoms with E-state index in [-0.39, 0.29) is 39.7 Å². The standard InChI is InChI=1S/2C30H33.2CH3.2ClH.Si.Zr/c2*1-30(17-8-4-2-3-5-9-18-30)22-23-19-26-13-10-14-28(29(26)20-23)27-16-15-24-11-6-7-12-25(24)21-27;;;;;;/h2*6-7,10-16,19-21H,2-5,8-9,17-18,22H2,1H3;2*1H3;2*1H;;/q4*-1;;;;. The van der Waals surface area contributed by atoms with Gasteiger partial charge >= 0.3 is 30.2 Å². The summed E-state index contributed by atoms with van der Waals surface area (Å²) in [6.45, 7) is 8.15. The van der Waals surface area contributed by atoms with Crippen LogP contribution in [0.25, 0.3) is 65.3 Å². The van der Waals surface area contributed by atoms with E-state index in [1.807, 2.05) is 0 Å². The average Bonchev–Trinajstić information content (AvgIpc) is 3.95. The molecule has 348 valence electrons. The Hall–Kier alpha value is -3.26.